The molecule has 0 saturated heterocycles. The maximum Gasteiger partial charge on any atom is 0.318 e. The van der Waals surface area contributed by atoms with Crippen LogP contribution < -0.4 is 11.1 Å². The Morgan fingerprint density at radius 1 is 1.23 bits per heavy atom. The molecule has 7 nitrogen and oxygen atoms in total. The number of hydrogen-bond acceptors (Lipinski definition) is 3. The smallest absolute Gasteiger partial charge is 0.318 e. The van der Waals surface area contributed by atoms with Gasteiger partial charge in [-0.2, -0.15) is 5.10 Å². The molecule has 158 valence electrons. The van der Waals surface area contributed by atoms with Gasteiger partial charge in [0.2, 0.25) is 0 Å². The molecule has 5 rings (SSSR count). The summed E-state index contributed by atoms with van der Waals surface area (Å²) < 4.78 is 28.4. The molecular formula is C20H20ClF2N5O2. The Bertz CT molecular complexity index is 1040. The molecule has 3 atom stereocenters. The van der Waals surface area contributed by atoms with Crippen LogP contribution in [0, 0.1) is 11.8 Å². The first-order valence-corrected chi connectivity index (χ1v) is 10.2. The van der Waals surface area contributed by atoms with E-state index in [1.165, 1.54) is 0 Å². The van der Waals surface area contributed by atoms with Gasteiger partial charge in [-0.15, -0.1) is 0 Å². The molecule has 30 heavy (non-hydrogen) atoms. The first-order chi connectivity index (χ1) is 14.3. The molecule has 2 fully saturated rings. The molecule has 2 heterocycles. The first-order valence-electron chi connectivity index (χ1n) is 9.84. The van der Waals surface area contributed by atoms with Gasteiger partial charge in [0.15, 0.2) is 0 Å². The Morgan fingerprint density at radius 2 is 1.97 bits per heavy atom. The number of amides is 3. The summed E-state index contributed by atoms with van der Waals surface area (Å²) in [6.45, 7) is 0.953. The van der Waals surface area contributed by atoms with Crippen molar-refractivity contribution in [1.82, 2.24) is 20.0 Å². The third kappa shape index (κ3) is 3.03. The minimum Gasteiger partial charge on any atom is -0.365 e. The number of benzene rings is 1. The Kier molecular flexibility index (Phi) is 4.29. The van der Waals surface area contributed by atoms with Crippen molar-refractivity contribution >= 4 is 23.5 Å². The predicted molar refractivity (Wildman–Crippen MR) is 105 cm³/mol. The zero-order valence-electron chi connectivity index (χ0n) is 15.9. The Labute approximate surface area is 176 Å². The second-order valence-electron chi connectivity index (χ2n) is 8.19. The standard InChI is InChI=1S/C20H20ClF2N5O2/c21-11-3-1-2-10(6-11)17-16(18(24)29)15-9-27(4-5-28(15)26-17)19(30)25-12-7-13-14(8-12)20(13,22)23/h1-3,6,12-14H,4-5,7-9H2,(H2,24,29)(H,25,30)/t12?,13-,14+. The van der Waals surface area contributed by atoms with Crippen molar-refractivity contribution in [1.29, 1.82) is 0 Å². The van der Waals surface area contributed by atoms with Crippen molar-refractivity contribution in [2.45, 2.75) is 37.9 Å². The monoisotopic (exact) mass is 435 g/mol. The average molecular weight is 436 g/mol. The fourth-order valence-corrected chi connectivity index (χ4v) is 4.97. The summed E-state index contributed by atoms with van der Waals surface area (Å²) in [6, 6.07) is 6.41. The lowest BCUT2D eigenvalue weighted by molar-refractivity contribution is 0.0672. The highest BCUT2D eigenvalue weighted by atomic mass is 35.5. The predicted octanol–water partition coefficient (Wildman–Crippen LogP) is 2.87. The van der Waals surface area contributed by atoms with Crippen LogP contribution in [-0.4, -0.2) is 45.1 Å². The zero-order chi connectivity index (χ0) is 21.2. The lowest BCUT2D eigenvalue weighted by Gasteiger charge is -2.30. The second-order valence-corrected chi connectivity index (χ2v) is 8.63. The Morgan fingerprint density at radius 3 is 2.63 bits per heavy atom. The minimum atomic E-state index is -2.56. The van der Waals surface area contributed by atoms with Gasteiger partial charge in [-0.3, -0.25) is 9.48 Å². The van der Waals surface area contributed by atoms with Crippen molar-refractivity contribution in [3.8, 4) is 11.3 Å². The summed E-state index contributed by atoms with van der Waals surface area (Å²) in [5, 5.41) is 7.90. The molecule has 1 aromatic heterocycles. The third-order valence-corrected chi connectivity index (χ3v) is 6.62. The van der Waals surface area contributed by atoms with Crippen LogP contribution >= 0.6 is 11.6 Å². The average Bonchev–Trinajstić information content (AvgIpc) is 3.09. The van der Waals surface area contributed by atoms with Crippen LogP contribution in [-0.2, 0) is 13.1 Å². The van der Waals surface area contributed by atoms with E-state index in [9.17, 15) is 18.4 Å². The van der Waals surface area contributed by atoms with Gasteiger partial charge in [-0.05, 0) is 25.0 Å². The second kappa shape index (κ2) is 6.66. The fraction of sp³-hybridized carbons (Fsp3) is 0.450. The van der Waals surface area contributed by atoms with E-state index in [1.807, 2.05) is 0 Å². The number of primary amides is 1. The van der Waals surface area contributed by atoms with Gasteiger partial charge in [0.05, 0.1) is 24.3 Å². The molecule has 2 aliphatic carbocycles. The van der Waals surface area contributed by atoms with E-state index in [-0.39, 0.29) is 24.2 Å². The highest BCUT2D eigenvalue weighted by Crippen LogP contribution is 2.64. The number of urea groups is 1. The van der Waals surface area contributed by atoms with E-state index in [1.54, 1.807) is 33.8 Å². The lowest BCUT2D eigenvalue weighted by Crippen LogP contribution is -2.48. The fourth-order valence-electron chi connectivity index (χ4n) is 4.78. The number of nitrogens with one attached hydrogen (secondary N) is 1. The molecular weight excluding hydrogens is 416 g/mol. The van der Waals surface area contributed by atoms with Crippen LogP contribution in [0.2, 0.25) is 5.02 Å². The van der Waals surface area contributed by atoms with E-state index in [0.29, 0.717) is 47.9 Å². The molecule has 0 bridgehead atoms. The molecule has 0 spiro atoms. The van der Waals surface area contributed by atoms with Gasteiger partial charge in [-0.25, -0.2) is 13.6 Å². The molecule has 2 aromatic rings. The van der Waals surface area contributed by atoms with Gasteiger partial charge in [0.1, 0.15) is 5.69 Å². The maximum absolute atomic E-state index is 13.4. The number of fused-ring (bicyclic) bond motifs is 2. The van der Waals surface area contributed by atoms with Gasteiger partial charge in [0, 0.05) is 35.0 Å². The van der Waals surface area contributed by atoms with Crippen molar-refractivity contribution in [3.05, 3.63) is 40.5 Å². The molecule has 1 aliphatic heterocycles. The van der Waals surface area contributed by atoms with Crippen molar-refractivity contribution in [3.63, 3.8) is 0 Å². The molecule has 1 unspecified atom stereocenters. The Balaban J connectivity index is 1.35. The van der Waals surface area contributed by atoms with Crippen LogP contribution in [0.25, 0.3) is 11.3 Å². The zero-order valence-corrected chi connectivity index (χ0v) is 16.7. The summed E-state index contributed by atoms with van der Waals surface area (Å²) in [5.74, 6) is -4.40. The number of rotatable bonds is 3. The highest BCUT2D eigenvalue weighted by Gasteiger charge is 2.71. The number of nitrogens with zero attached hydrogens (tertiary/aromatic N) is 3. The number of carbonyl (C=O) groups excluding carboxylic acids is 2. The van der Waals surface area contributed by atoms with Crippen LogP contribution in [0.4, 0.5) is 13.6 Å². The maximum atomic E-state index is 13.4. The quantitative estimate of drug-likeness (QED) is 0.776. The van der Waals surface area contributed by atoms with Gasteiger partial charge < -0.3 is 16.0 Å². The normalized spacial score (nSPS) is 26.1. The van der Waals surface area contributed by atoms with E-state index in [4.69, 9.17) is 17.3 Å². The van der Waals surface area contributed by atoms with Gasteiger partial charge in [-0.1, -0.05) is 23.7 Å². The Hall–Kier alpha value is -2.68. The molecule has 1 aromatic carbocycles. The summed E-state index contributed by atoms with van der Waals surface area (Å²) in [7, 11) is 0. The van der Waals surface area contributed by atoms with Crippen LogP contribution in [0.3, 0.4) is 0 Å². The number of carbonyl (C=O) groups is 2. The van der Waals surface area contributed by atoms with Crippen molar-refractivity contribution in [2.75, 3.05) is 6.54 Å². The van der Waals surface area contributed by atoms with Gasteiger partial charge in [0.25, 0.3) is 11.8 Å². The number of nitrogens with two attached hydrogens (primary N) is 1. The summed E-state index contributed by atoms with van der Waals surface area (Å²) in [6.07, 6.45) is 0.612. The molecule has 3 N–H and O–H groups in total. The molecule has 0 radical (unpaired) electrons. The topological polar surface area (TPSA) is 93.2 Å². The van der Waals surface area contributed by atoms with Crippen LogP contribution in [0.5, 0.6) is 0 Å². The van der Waals surface area contributed by atoms with E-state index in [0.717, 1.165) is 0 Å². The number of aromatic nitrogens is 2. The van der Waals surface area contributed by atoms with Crippen LogP contribution in [0.1, 0.15) is 28.9 Å². The largest absolute Gasteiger partial charge is 0.365 e. The van der Waals surface area contributed by atoms with Crippen molar-refractivity contribution < 1.29 is 18.4 Å². The van der Waals surface area contributed by atoms with Crippen molar-refractivity contribution in [2.24, 2.45) is 17.6 Å². The van der Waals surface area contributed by atoms with E-state index in [2.05, 4.69) is 10.4 Å². The van der Waals surface area contributed by atoms with Crippen LogP contribution in [0.15, 0.2) is 24.3 Å². The summed E-state index contributed by atoms with van der Waals surface area (Å²) >= 11 is 6.07. The lowest BCUT2D eigenvalue weighted by atomic mass is 10.0. The van der Waals surface area contributed by atoms with E-state index < -0.39 is 23.7 Å². The SMILES string of the molecule is NC(=O)c1c(-c2cccc(Cl)c2)nn2c1CN(C(=O)NC1C[C@@H]3[C@H](C1)C3(F)F)CC2. The van der Waals surface area contributed by atoms with E-state index >= 15 is 0 Å². The van der Waals surface area contributed by atoms with Gasteiger partial charge >= 0.3 is 6.03 Å². The molecule has 3 aliphatic rings. The first kappa shape index (κ1) is 19.3. The molecule has 10 heteroatoms. The molecule has 2 saturated carbocycles. The number of alkyl halides is 2. The summed E-state index contributed by atoms with van der Waals surface area (Å²) in [4.78, 5) is 26.5. The number of hydrogen-bond donors (Lipinski definition) is 2. The minimum absolute atomic E-state index is 0.160. The summed E-state index contributed by atoms with van der Waals surface area (Å²) in [5.41, 5.74) is 7.56. The highest BCUT2D eigenvalue weighted by molar-refractivity contribution is 6.30. The third-order valence-electron chi connectivity index (χ3n) is 6.38. The number of halogens is 3. The molecule has 3 amide bonds.